The van der Waals surface area contributed by atoms with Gasteiger partial charge >= 0.3 is 11.8 Å². The van der Waals surface area contributed by atoms with Crippen molar-refractivity contribution in [3.8, 4) is 6.07 Å². The molecule has 0 bridgehead atoms. The molecule has 0 spiro atoms. The number of anilines is 1. The van der Waals surface area contributed by atoms with Crippen molar-refractivity contribution >= 4 is 17.5 Å². The van der Waals surface area contributed by atoms with Gasteiger partial charge in [0.1, 0.15) is 0 Å². The summed E-state index contributed by atoms with van der Waals surface area (Å²) in [6.45, 7) is 3.20. The van der Waals surface area contributed by atoms with Crippen LogP contribution in [0.2, 0.25) is 0 Å². The SMILES string of the molecule is CCOCc1cccc(NC(=O)C(=O)N(C)CCC#N)c1. The molecule has 0 atom stereocenters. The van der Waals surface area contributed by atoms with Crippen molar-refractivity contribution in [2.24, 2.45) is 0 Å². The average molecular weight is 289 g/mol. The van der Waals surface area contributed by atoms with Crippen LogP contribution in [0.3, 0.4) is 0 Å². The molecule has 2 amide bonds. The number of hydrogen-bond donors (Lipinski definition) is 1. The Morgan fingerprint density at radius 3 is 2.86 bits per heavy atom. The zero-order chi connectivity index (χ0) is 15.7. The minimum atomic E-state index is -0.719. The Morgan fingerprint density at radius 2 is 2.19 bits per heavy atom. The lowest BCUT2D eigenvalue weighted by atomic mass is 10.2. The molecular weight excluding hydrogens is 270 g/mol. The maximum absolute atomic E-state index is 11.8. The Morgan fingerprint density at radius 1 is 1.43 bits per heavy atom. The first-order valence-corrected chi connectivity index (χ1v) is 6.68. The molecule has 0 aliphatic heterocycles. The van der Waals surface area contributed by atoms with Gasteiger partial charge in [0.25, 0.3) is 0 Å². The molecule has 0 aromatic heterocycles. The largest absolute Gasteiger partial charge is 0.377 e. The molecule has 0 heterocycles. The van der Waals surface area contributed by atoms with Crippen molar-refractivity contribution in [1.82, 2.24) is 4.90 Å². The minimum absolute atomic E-state index is 0.194. The van der Waals surface area contributed by atoms with E-state index >= 15 is 0 Å². The Balaban J connectivity index is 2.61. The molecule has 0 saturated heterocycles. The Kier molecular flexibility index (Phi) is 6.92. The highest BCUT2D eigenvalue weighted by atomic mass is 16.5. The standard InChI is InChI=1S/C15H19N3O3/c1-3-21-11-12-6-4-7-13(10-12)17-14(19)15(20)18(2)9-5-8-16/h4,6-7,10H,3,5,9,11H2,1-2H3,(H,17,19). The zero-order valence-electron chi connectivity index (χ0n) is 12.3. The van der Waals surface area contributed by atoms with Crippen molar-refractivity contribution in [3.05, 3.63) is 29.8 Å². The first-order valence-electron chi connectivity index (χ1n) is 6.68. The molecular formula is C15H19N3O3. The van der Waals surface area contributed by atoms with E-state index in [0.29, 0.717) is 18.9 Å². The first kappa shape index (κ1) is 16.7. The van der Waals surface area contributed by atoms with Gasteiger partial charge in [-0.25, -0.2) is 0 Å². The lowest BCUT2D eigenvalue weighted by molar-refractivity contribution is -0.142. The fourth-order valence-corrected chi connectivity index (χ4v) is 1.64. The van der Waals surface area contributed by atoms with E-state index in [1.807, 2.05) is 19.1 Å². The monoisotopic (exact) mass is 289 g/mol. The van der Waals surface area contributed by atoms with Gasteiger partial charge in [0.05, 0.1) is 19.1 Å². The molecule has 1 aromatic rings. The number of ether oxygens (including phenoxy) is 1. The second-order valence-electron chi connectivity index (χ2n) is 4.43. The van der Waals surface area contributed by atoms with Crippen LogP contribution in [-0.4, -0.2) is 36.9 Å². The van der Waals surface area contributed by atoms with Crippen molar-refractivity contribution in [2.45, 2.75) is 20.0 Å². The van der Waals surface area contributed by atoms with E-state index in [1.165, 1.54) is 11.9 Å². The summed E-state index contributed by atoms with van der Waals surface area (Å²) in [5.74, 6) is -1.38. The van der Waals surface area contributed by atoms with Crippen LogP contribution in [0.5, 0.6) is 0 Å². The molecule has 1 rings (SSSR count). The van der Waals surface area contributed by atoms with Crippen LogP contribution in [-0.2, 0) is 20.9 Å². The third kappa shape index (κ3) is 5.63. The number of nitrogens with one attached hydrogen (secondary N) is 1. The molecule has 1 aromatic carbocycles. The summed E-state index contributed by atoms with van der Waals surface area (Å²) in [5.41, 5.74) is 1.46. The predicted molar refractivity (Wildman–Crippen MR) is 78.3 cm³/mol. The van der Waals surface area contributed by atoms with Crippen LogP contribution in [0, 0.1) is 11.3 Å². The van der Waals surface area contributed by atoms with E-state index < -0.39 is 11.8 Å². The van der Waals surface area contributed by atoms with Crippen molar-refractivity contribution < 1.29 is 14.3 Å². The van der Waals surface area contributed by atoms with Crippen LogP contribution in [0.4, 0.5) is 5.69 Å². The number of amides is 2. The van der Waals surface area contributed by atoms with Crippen molar-refractivity contribution in [3.63, 3.8) is 0 Å². The zero-order valence-corrected chi connectivity index (χ0v) is 12.3. The molecule has 6 nitrogen and oxygen atoms in total. The second-order valence-corrected chi connectivity index (χ2v) is 4.43. The Bertz CT molecular complexity index is 537. The van der Waals surface area contributed by atoms with Gasteiger partial charge in [-0.2, -0.15) is 5.26 Å². The van der Waals surface area contributed by atoms with E-state index in [1.54, 1.807) is 18.2 Å². The molecule has 0 fully saturated rings. The van der Waals surface area contributed by atoms with Crippen LogP contribution in [0.1, 0.15) is 18.9 Å². The molecule has 0 radical (unpaired) electrons. The third-order valence-electron chi connectivity index (χ3n) is 2.76. The first-order chi connectivity index (χ1) is 10.1. The third-order valence-corrected chi connectivity index (χ3v) is 2.76. The molecule has 1 N–H and O–H groups in total. The molecule has 0 aliphatic rings. The second kappa shape index (κ2) is 8.72. The summed E-state index contributed by atoms with van der Waals surface area (Å²) >= 11 is 0. The number of hydrogen-bond acceptors (Lipinski definition) is 4. The number of likely N-dealkylation sites (N-methyl/N-ethyl adjacent to an activating group) is 1. The van der Waals surface area contributed by atoms with Gasteiger partial charge in [0.2, 0.25) is 0 Å². The fraction of sp³-hybridized carbons (Fsp3) is 0.400. The van der Waals surface area contributed by atoms with Gasteiger partial charge in [0.15, 0.2) is 0 Å². The van der Waals surface area contributed by atoms with Crippen molar-refractivity contribution in [1.29, 1.82) is 5.26 Å². The highest BCUT2D eigenvalue weighted by molar-refractivity contribution is 6.39. The van der Waals surface area contributed by atoms with Crippen LogP contribution in [0.25, 0.3) is 0 Å². The van der Waals surface area contributed by atoms with Gasteiger partial charge < -0.3 is 15.0 Å². The van der Waals surface area contributed by atoms with Crippen LogP contribution >= 0.6 is 0 Å². The normalized spacial score (nSPS) is 9.76. The van der Waals surface area contributed by atoms with Gasteiger partial charge in [0, 0.05) is 25.9 Å². The van der Waals surface area contributed by atoms with E-state index in [9.17, 15) is 9.59 Å². The quantitative estimate of drug-likeness (QED) is 0.805. The van der Waals surface area contributed by atoms with Crippen LogP contribution < -0.4 is 5.32 Å². The number of benzene rings is 1. The lowest BCUT2D eigenvalue weighted by Gasteiger charge is -2.15. The van der Waals surface area contributed by atoms with E-state index in [0.717, 1.165) is 5.56 Å². The highest BCUT2D eigenvalue weighted by Gasteiger charge is 2.18. The van der Waals surface area contributed by atoms with Crippen LogP contribution in [0.15, 0.2) is 24.3 Å². The fourth-order valence-electron chi connectivity index (χ4n) is 1.64. The Labute approximate surface area is 124 Å². The minimum Gasteiger partial charge on any atom is -0.377 e. The molecule has 0 saturated carbocycles. The maximum Gasteiger partial charge on any atom is 0.313 e. The summed E-state index contributed by atoms with van der Waals surface area (Å²) in [7, 11) is 1.49. The smallest absolute Gasteiger partial charge is 0.313 e. The maximum atomic E-state index is 11.8. The number of carbonyl (C=O) groups is 2. The topological polar surface area (TPSA) is 82.4 Å². The summed E-state index contributed by atoms with van der Waals surface area (Å²) in [6.07, 6.45) is 0.194. The number of rotatable bonds is 6. The molecule has 0 unspecified atom stereocenters. The molecule has 21 heavy (non-hydrogen) atoms. The van der Waals surface area contributed by atoms with Gasteiger partial charge in [-0.1, -0.05) is 12.1 Å². The lowest BCUT2D eigenvalue weighted by Crippen LogP contribution is -2.37. The predicted octanol–water partition coefficient (Wildman–Crippen LogP) is 1.53. The van der Waals surface area contributed by atoms with E-state index in [-0.39, 0.29) is 13.0 Å². The van der Waals surface area contributed by atoms with E-state index in [2.05, 4.69) is 5.32 Å². The van der Waals surface area contributed by atoms with Gasteiger partial charge in [-0.15, -0.1) is 0 Å². The highest BCUT2D eigenvalue weighted by Crippen LogP contribution is 2.11. The average Bonchev–Trinajstić information content (AvgIpc) is 2.50. The molecule has 6 heteroatoms. The Hall–Kier alpha value is -2.39. The van der Waals surface area contributed by atoms with Gasteiger partial charge in [-0.05, 0) is 24.6 Å². The molecule has 112 valence electrons. The van der Waals surface area contributed by atoms with Gasteiger partial charge in [-0.3, -0.25) is 9.59 Å². The molecule has 0 aliphatic carbocycles. The summed E-state index contributed by atoms with van der Waals surface area (Å²) < 4.78 is 5.29. The summed E-state index contributed by atoms with van der Waals surface area (Å²) in [5, 5.41) is 11.0. The van der Waals surface area contributed by atoms with E-state index in [4.69, 9.17) is 10.00 Å². The summed E-state index contributed by atoms with van der Waals surface area (Å²) in [6, 6.07) is 9.06. The number of carbonyl (C=O) groups excluding carboxylic acids is 2. The number of nitrogens with zero attached hydrogens (tertiary/aromatic N) is 2. The summed E-state index contributed by atoms with van der Waals surface area (Å²) in [4.78, 5) is 24.8. The van der Waals surface area contributed by atoms with Crippen molar-refractivity contribution in [2.75, 3.05) is 25.5 Å². The number of nitriles is 1.